The number of rotatable bonds is 3. The van der Waals surface area contributed by atoms with Crippen molar-refractivity contribution in [2.24, 2.45) is 7.05 Å². The van der Waals surface area contributed by atoms with Crippen LogP contribution in [-0.2, 0) is 18.3 Å². The Morgan fingerprint density at radius 2 is 2.25 bits per heavy atom. The molecule has 0 amide bonds. The second-order valence-electron chi connectivity index (χ2n) is 4.97. The largest absolute Gasteiger partial charge is 0.371 e. The van der Waals surface area contributed by atoms with Crippen LogP contribution in [0.25, 0.3) is 0 Å². The molecule has 1 aliphatic rings. The van der Waals surface area contributed by atoms with Gasteiger partial charge in [-0.3, -0.25) is 9.58 Å². The van der Waals surface area contributed by atoms with Gasteiger partial charge >= 0.3 is 0 Å². The summed E-state index contributed by atoms with van der Waals surface area (Å²) in [5.74, 6) is 0. The van der Waals surface area contributed by atoms with E-state index in [1.54, 1.807) is 0 Å². The molecule has 3 rings (SSSR count). The Kier molecular flexibility index (Phi) is 4.14. The van der Waals surface area contributed by atoms with Crippen molar-refractivity contribution < 1.29 is 4.74 Å². The Bertz CT molecular complexity index is 586. The van der Waals surface area contributed by atoms with Crippen molar-refractivity contribution in [1.29, 1.82) is 0 Å². The number of morpholine rings is 1. The van der Waals surface area contributed by atoms with E-state index in [1.807, 2.05) is 30.1 Å². The Hall–Kier alpha value is -1.24. The van der Waals surface area contributed by atoms with Crippen molar-refractivity contribution in [3.8, 4) is 0 Å². The van der Waals surface area contributed by atoms with Gasteiger partial charge in [0.05, 0.1) is 24.6 Å². The van der Waals surface area contributed by atoms with E-state index in [-0.39, 0.29) is 6.10 Å². The second kappa shape index (κ2) is 6.03. The van der Waals surface area contributed by atoms with Crippen LogP contribution in [0.5, 0.6) is 0 Å². The van der Waals surface area contributed by atoms with E-state index in [0.717, 1.165) is 36.4 Å². The van der Waals surface area contributed by atoms with Gasteiger partial charge in [0.15, 0.2) is 0 Å². The van der Waals surface area contributed by atoms with E-state index in [0.29, 0.717) is 0 Å². The van der Waals surface area contributed by atoms with Crippen LogP contribution >= 0.6 is 15.9 Å². The minimum atomic E-state index is 0.112. The average Bonchev–Trinajstić information content (AvgIpc) is 2.85. The molecule has 1 aliphatic heterocycles. The zero-order valence-corrected chi connectivity index (χ0v) is 13.0. The first-order valence-electron chi connectivity index (χ1n) is 6.66. The summed E-state index contributed by atoms with van der Waals surface area (Å²) in [6.07, 6.45) is 1.93. The van der Waals surface area contributed by atoms with Gasteiger partial charge in [-0.05, 0) is 11.6 Å². The Morgan fingerprint density at radius 3 is 3.00 bits per heavy atom. The highest BCUT2D eigenvalue weighted by Gasteiger charge is 2.24. The van der Waals surface area contributed by atoms with E-state index in [1.165, 1.54) is 5.56 Å². The molecule has 0 radical (unpaired) electrons. The summed E-state index contributed by atoms with van der Waals surface area (Å²) in [5, 5.41) is 7.90. The number of hydrogen-bond donors (Lipinski definition) is 0. The van der Waals surface area contributed by atoms with Gasteiger partial charge in [0, 0.05) is 31.2 Å². The normalized spacial score (nSPS) is 20.2. The number of aryl methyl sites for hydroxylation is 1. The highest BCUT2D eigenvalue weighted by Crippen LogP contribution is 2.28. The Morgan fingerprint density at radius 1 is 1.40 bits per heavy atom. The first-order valence-corrected chi connectivity index (χ1v) is 7.45. The first-order chi connectivity index (χ1) is 9.74. The van der Waals surface area contributed by atoms with E-state index in [2.05, 4.69) is 43.3 Å². The van der Waals surface area contributed by atoms with Crippen molar-refractivity contribution >= 4 is 15.9 Å². The maximum absolute atomic E-state index is 5.91. The zero-order valence-electron chi connectivity index (χ0n) is 11.4. The van der Waals surface area contributed by atoms with Crippen molar-refractivity contribution in [3.63, 3.8) is 0 Å². The molecule has 6 heteroatoms. The summed E-state index contributed by atoms with van der Waals surface area (Å²) < 4.78 is 8.84. The van der Waals surface area contributed by atoms with Gasteiger partial charge in [0.1, 0.15) is 0 Å². The number of aromatic nitrogens is 3. The lowest BCUT2D eigenvalue weighted by atomic mass is 10.1. The molecule has 20 heavy (non-hydrogen) atoms. The standard InChI is InChI=1S/C14H17BrN4O/c1-18-11(8-16-17-18)9-19-6-7-20-14(10-19)12-4-2-3-5-13(12)15/h2-5,8,14H,6-7,9-10H2,1H3/t14-/m1/s1. The monoisotopic (exact) mass is 336 g/mol. The topological polar surface area (TPSA) is 43.2 Å². The van der Waals surface area contributed by atoms with Crippen molar-refractivity contribution in [3.05, 3.63) is 46.2 Å². The quantitative estimate of drug-likeness (QED) is 0.861. The molecule has 0 N–H and O–H groups in total. The minimum Gasteiger partial charge on any atom is -0.371 e. The number of nitrogens with zero attached hydrogens (tertiary/aromatic N) is 4. The molecule has 2 heterocycles. The van der Waals surface area contributed by atoms with Crippen molar-refractivity contribution in [2.75, 3.05) is 19.7 Å². The summed E-state index contributed by atoms with van der Waals surface area (Å²) >= 11 is 3.60. The molecular weight excluding hydrogens is 320 g/mol. The lowest BCUT2D eigenvalue weighted by Crippen LogP contribution is -2.38. The molecule has 1 saturated heterocycles. The zero-order chi connectivity index (χ0) is 13.9. The predicted molar refractivity (Wildman–Crippen MR) is 79.1 cm³/mol. The fourth-order valence-corrected chi connectivity index (χ4v) is 2.99. The van der Waals surface area contributed by atoms with Gasteiger partial charge in [-0.2, -0.15) is 0 Å². The van der Waals surface area contributed by atoms with Crippen molar-refractivity contribution in [1.82, 2.24) is 19.9 Å². The van der Waals surface area contributed by atoms with Crippen LogP contribution in [0.15, 0.2) is 34.9 Å². The van der Waals surface area contributed by atoms with Gasteiger partial charge in [0.25, 0.3) is 0 Å². The average molecular weight is 337 g/mol. The van der Waals surface area contributed by atoms with Gasteiger partial charge < -0.3 is 4.74 Å². The molecule has 1 atom stereocenters. The first kappa shape index (κ1) is 13.7. The third-order valence-corrected chi connectivity index (χ3v) is 4.32. The smallest absolute Gasteiger partial charge is 0.0963 e. The van der Waals surface area contributed by atoms with Crippen LogP contribution < -0.4 is 0 Å². The molecule has 1 aromatic heterocycles. The molecule has 0 saturated carbocycles. The molecule has 2 aromatic rings. The highest BCUT2D eigenvalue weighted by molar-refractivity contribution is 9.10. The Balaban J connectivity index is 1.71. The number of halogens is 1. The molecule has 0 spiro atoms. The van der Waals surface area contributed by atoms with Gasteiger partial charge in [-0.25, -0.2) is 0 Å². The lowest BCUT2D eigenvalue weighted by molar-refractivity contribution is -0.0339. The maximum atomic E-state index is 5.91. The van der Waals surface area contributed by atoms with Crippen LogP contribution in [0, 0.1) is 0 Å². The van der Waals surface area contributed by atoms with E-state index < -0.39 is 0 Å². The van der Waals surface area contributed by atoms with Gasteiger partial charge in [0.2, 0.25) is 0 Å². The molecule has 0 bridgehead atoms. The number of benzene rings is 1. The minimum absolute atomic E-state index is 0.112. The number of hydrogen-bond acceptors (Lipinski definition) is 4. The summed E-state index contributed by atoms with van der Waals surface area (Å²) in [6, 6.07) is 8.25. The fourth-order valence-electron chi connectivity index (χ4n) is 2.45. The van der Waals surface area contributed by atoms with Gasteiger partial charge in [-0.1, -0.05) is 39.3 Å². The summed E-state index contributed by atoms with van der Waals surface area (Å²) in [7, 11) is 1.92. The lowest BCUT2D eigenvalue weighted by Gasteiger charge is -2.33. The molecule has 1 fully saturated rings. The SMILES string of the molecule is Cn1nncc1CN1CCO[C@@H](c2ccccc2Br)C1. The molecule has 106 valence electrons. The molecule has 0 unspecified atom stereocenters. The molecule has 0 aliphatic carbocycles. The summed E-state index contributed by atoms with van der Waals surface area (Å²) in [5.41, 5.74) is 2.33. The third-order valence-electron chi connectivity index (χ3n) is 3.60. The fraction of sp³-hybridized carbons (Fsp3) is 0.429. The van der Waals surface area contributed by atoms with Gasteiger partial charge in [-0.15, -0.1) is 5.10 Å². The van der Waals surface area contributed by atoms with Crippen molar-refractivity contribution in [2.45, 2.75) is 12.6 Å². The summed E-state index contributed by atoms with van der Waals surface area (Å²) in [6.45, 7) is 3.42. The third kappa shape index (κ3) is 2.92. The number of ether oxygens (including phenoxy) is 1. The second-order valence-corrected chi connectivity index (χ2v) is 5.82. The summed E-state index contributed by atoms with van der Waals surface area (Å²) in [4.78, 5) is 2.38. The predicted octanol–water partition coefficient (Wildman–Crippen LogP) is 2.15. The van der Waals surface area contributed by atoms with Crippen LogP contribution in [0.1, 0.15) is 17.4 Å². The van der Waals surface area contributed by atoms with E-state index in [4.69, 9.17) is 4.74 Å². The maximum Gasteiger partial charge on any atom is 0.0963 e. The highest BCUT2D eigenvalue weighted by atomic mass is 79.9. The van der Waals surface area contributed by atoms with E-state index in [9.17, 15) is 0 Å². The molecule has 5 nitrogen and oxygen atoms in total. The van der Waals surface area contributed by atoms with Crippen LogP contribution in [0.3, 0.4) is 0 Å². The van der Waals surface area contributed by atoms with Crippen LogP contribution in [0.2, 0.25) is 0 Å². The van der Waals surface area contributed by atoms with Crippen LogP contribution in [-0.4, -0.2) is 39.6 Å². The molecule has 1 aromatic carbocycles. The molecular formula is C14H17BrN4O. The Labute approximate surface area is 126 Å². The van der Waals surface area contributed by atoms with Crippen LogP contribution in [0.4, 0.5) is 0 Å². The van der Waals surface area contributed by atoms with E-state index >= 15 is 0 Å².